The fourth-order valence-electron chi connectivity index (χ4n) is 3.48. The molecule has 0 spiro atoms. The number of carboxylic acids is 1. The van der Waals surface area contributed by atoms with Gasteiger partial charge in [-0.2, -0.15) is 0 Å². The second-order valence-corrected chi connectivity index (χ2v) is 5.75. The fourth-order valence-corrected chi connectivity index (χ4v) is 3.48. The molecule has 1 aromatic rings. The summed E-state index contributed by atoms with van der Waals surface area (Å²) in [4.78, 5) is 22.6. The van der Waals surface area contributed by atoms with Crippen molar-refractivity contribution < 1.29 is 14.7 Å². The lowest BCUT2D eigenvalue weighted by Crippen LogP contribution is -2.55. The van der Waals surface area contributed by atoms with Crippen LogP contribution in [-0.2, 0) is 16.6 Å². The number of hydrogen-bond donors (Lipinski definition) is 2. The molecular weight excluding hydrogens is 242 g/mol. The molecule has 0 bridgehead atoms. The maximum atomic E-state index is 11.5. The number of benzene rings is 1. The number of aryl methyl sites for hydroxylation is 1. The summed E-state index contributed by atoms with van der Waals surface area (Å²) in [5.74, 6) is -0.750. The van der Waals surface area contributed by atoms with Crippen LogP contribution in [-0.4, -0.2) is 23.0 Å². The number of aromatic carboxylic acids is 1. The number of carboxylic acid groups (broad SMARTS) is 1. The third kappa shape index (κ3) is 1.82. The molecule has 1 aromatic carbocycles. The molecule has 4 nitrogen and oxygen atoms in total. The Labute approximate surface area is 111 Å². The molecule has 3 rings (SSSR count). The average molecular weight is 259 g/mol. The minimum Gasteiger partial charge on any atom is -0.478 e. The lowest BCUT2D eigenvalue weighted by atomic mass is 9.64. The Bertz CT molecular complexity index is 567. The SMILES string of the molecule is CC12CCC(=O)N[C@@H]1CCc1cc(C(=O)O)ccc12. The molecule has 1 heterocycles. The smallest absolute Gasteiger partial charge is 0.335 e. The van der Waals surface area contributed by atoms with Gasteiger partial charge in [0, 0.05) is 17.9 Å². The summed E-state index contributed by atoms with van der Waals surface area (Å²) in [6.07, 6.45) is 3.10. The van der Waals surface area contributed by atoms with Gasteiger partial charge in [-0.3, -0.25) is 4.79 Å². The Kier molecular flexibility index (Phi) is 2.62. The predicted molar refractivity (Wildman–Crippen MR) is 70.2 cm³/mol. The van der Waals surface area contributed by atoms with E-state index in [4.69, 9.17) is 5.11 Å². The zero-order valence-electron chi connectivity index (χ0n) is 10.9. The first kappa shape index (κ1) is 12.2. The highest BCUT2D eigenvalue weighted by atomic mass is 16.4. The van der Waals surface area contributed by atoms with Crippen molar-refractivity contribution in [2.45, 2.75) is 44.1 Å². The fraction of sp³-hybridized carbons (Fsp3) is 0.467. The van der Waals surface area contributed by atoms with Crippen molar-refractivity contribution in [1.29, 1.82) is 0 Å². The van der Waals surface area contributed by atoms with Crippen LogP contribution < -0.4 is 5.32 Å². The van der Waals surface area contributed by atoms with E-state index in [9.17, 15) is 9.59 Å². The standard InChI is InChI=1S/C15H17NO3/c1-15-7-6-13(17)16-12(15)5-3-9-8-10(14(18)19)2-4-11(9)15/h2,4,8,12H,3,5-7H2,1H3,(H,16,17)(H,18,19)/t12-,15?/m1/s1. The van der Waals surface area contributed by atoms with Gasteiger partial charge in [0.05, 0.1) is 5.56 Å². The van der Waals surface area contributed by atoms with Crippen molar-refractivity contribution in [3.63, 3.8) is 0 Å². The normalized spacial score (nSPS) is 29.1. The molecule has 0 aromatic heterocycles. The molecule has 0 saturated carbocycles. The van der Waals surface area contributed by atoms with Crippen LogP contribution in [0.4, 0.5) is 0 Å². The highest BCUT2D eigenvalue weighted by molar-refractivity contribution is 5.88. The third-order valence-electron chi connectivity index (χ3n) is 4.65. The quantitative estimate of drug-likeness (QED) is 0.809. The topological polar surface area (TPSA) is 66.4 Å². The van der Waals surface area contributed by atoms with Crippen LogP contribution in [0.1, 0.15) is 47.7 Å². The van der Waals surface area contributed by atoms with E-state index in [0.29, 0.717) is 12.0 Å². The molecule has 1 unspecified atom stereocenters. The maximum Gasteiger partial charge on any atom is 0.335 e. The lowest BCUT2D eigenvalue weighted by molar-refractivity contribution is -0.125. The highest BCUT2D eigenvalue weighted by Crippen LogP contribution is 2.42. The summed E-state index contributed by atoms with van der Waals surface area (Å²) < 4.78 is 0. The predicted octanol–water partition coefficient (Wildman–Crippen LogP) is 1.87. The molecular formula is C15H17NO3. The molecule has 1 amide bonds. The van der Waals surface area contributed by atoms with E-state index in [-0.39, 0.29) is 17.4 Å². The number of nitrogens with one attached hydrogen (secondary N) is 1. The Morgan fingerprint density at radius 2 is 2.21 bits per heavy atom. The van der Waals surface area contributed by atoms with Gasteiger partial charge in [-0.15, -0.1) is 0 Å². The van der Waals surface area contributed by atoms with Crippen molar-refractivity contribution >= 4 is 11.9 Å². The van der Waals surface area contributed by atoms with Gasteiger partial charge in [-0.05, 0) is 42.5 Å². The number of carbonyl (C=O) groups excluding carboxylic acids is 1. The van der Waals surface area contributed by atoms with Crippen LogP contribution in [0.3, 0.4) is 0 Å². The zero-order valence-corrected chi connectivity index (χ0v) is 10.9. The van der Waals surface area contributed by atoms with Crippen LogP contribution in [0.5, 0.6) is 0 Å². The van der Waals surface area contributed by atoms with E-state index in [1.807, 2.05) is 6.07 Å². The highest BCUT2D eigenvalue weighted by Gasteiger charge is 2.43. The summed E-state index contributed by atoms with van der Waals surface area (Å²) in [6.45, 7) is 2.18. The van der Waals surface area contributed by atoms with E-state index >= 15 is 0 Å². The maximum absolute atomic E-state index is 11.5. The van der Waals surface area contributed by atoms with Crippen LogP contribution in [0.25, 0.3) is 0 Å². The van der Waals surface area contributed by atoms with E-state index in [1.165, 1.54) is 5.56 Å². The van der Waals surface area contributed by atoms with Gasteiger partial charge in [0.25, 0.3) is 0 Å². The molecule has 0 radical (unpaired) electrons. The summed E-state index contributed by atoms with van der Waals surface area (Å²) in [7, 11) is 0. The molecule has 1 saturated heterocycles. The van der Waals surface area contributed by atoms with Gasteiger partial charge >= 0.3 is 5.97 Å². The Balaban J connectivity index is 2.04. The van der Waals surface area contributed by atoms with Crippen LogP contribution in [0.2, 0.25) is 0 Å². The Morgan fingerprint density at radius 3 is 2.95 bits per heavy atom. The Hall–Kier alpha value is -1.84. The lowest BCUT2D eigenvalue weighted by Gasteiger charge is -2.46. The first-order valence-corrected chi connectivity index (χ1v) is 6.67. The molecule has 100 valence electrons. The minimum atomic E-state index is -0.882. The van der Waals surface area contributed by atoms with Crippen molar-refractivity contribution in [3.8, 4) is 0 Å². The zero-order chi connectivity index (χ0) is 13.6. The van der Waals surface area contributed by atoms with Gasteiger partial charge in [-0.1, -0.05) is 13.0 Å². The number of hydrogen-bond acceptors (Lipinski definition) is 2. The summed E-state index contributed by atoms with van der Waals surface area (Å²) in [5, 5.41) is 12.1. The second-order valence-electron chi connectivity index (χ2n) is 5.75. The Morgan fingerprint density at radius 1 is 1.42 bits per heavy atom. The molecule has 19 heavy (non-hydrogen) atoms. The number of rotatable bonds is 1. The van der Waals surface area contributed by atoms with Crippen molar-refractivity contribution in [1.82, 2.24) is 5.32 Å². The molecule has 1 aliphatic carbocycles. The molecule has 2 atom stereocenters. The van der Waals surface area contributed by atoms with Crippen molar-refractivity contribution in [3.05, 3.63) is 34.9 Å². The van der Waals surface area contributed by atoms with Gasteiger partial charge in [-0.25, -0.2) is 4.79 Å². The van der Waals surface area contributed by atoms with E-state index in [1.54, 1.807) is 12.1 Å². The van der Waals surface area contributed by atoms with Gasteiger partial charge in [0.2, 0.25) is 5.91 Å². The summed E-state index contributed by atoms with van der Waals surface area (Å²) in [6, 6.07) is 5.57. The third-order valence-corrected chi connectivity index (χ3v) is 4.65. The number of piperidine rings is 1. The van der Waals surface area contributed by atoms with Crippen molar-refractivity contribution in [2.24, 2.45) is 0 Å². The molecule has 1 fully saturated rings. The van der Waals surface area contributed by atoms with Crippen molar-refractivity contribution in [2.75, 3.05) is 0 Å². The molecule has 2 N–H and O–H groups in total. The summed E-state index contributed by atoms with van der Waals surface area (Å²) in [5.41, 5.74) is 2.61. The van der Waals surface area contributed by atoms with Crippen LogP contribution in [0.15, 0.2) is 18.2 Å². The number of fused-ring (bicyclic) bond motifs is 3. The van der Waals surface area contributed by atoms with E-state index < -0.39 is 5.97 Å². The molecule has 1 aliphatic heterocycles. The first-order chi connectivity index (χ1) is 9.00. The van der Waals surface area contributed by atoms with Crippen LogP contribution >= 0.6 is 0 Å². The second kappa shape index (κ2) is 4.08. The van der Waals surface area contributed by atoms with Crippen LogP contribution in [0, 0.1) is 0 Å². The number of amides is 1. The monoisotopic (exact) mass is 259 g/mol. The minimum absolute atomic E-state index is 0.0570. The van der Waals surface area contributed by atoms with Gasteiger partial charge in [0.15, 0.2) is 0 Å². The first-order valence-electron chi connectivity index (χ1n) is 6.67. The summed E-state index contributed by atoms with van der Waals surface area (Å²) >= 11 is 0. The largest absolute Gasteiger partial charge is 0.478 e. The average Bonchev–Trinajstić information content (AvgIpc) is 2.39. The van der Waals surface area contributed by atoms with Gasteiger partial charge < -0.3 is 10.4 Å². The molecule has 4 heteroatoms. The van der Waals surface area contributed by atoms with E-state index in [2.05, 4.69) is 12.2 Å². The van der Waals surface area contributed by atoms with Gasteiger partial charge in [0.1, 0.15) is 0 Å². The molecule has 2 aliphatic rings. The van der Waals surface area contributed by atoms with E-state index in [0.717, 1.165) is 24.8 Å². The number of carbonyl (C=O) groups is 2.